The topological polar surface area (TPSA) is 120 Å². The summed E-state index contributed by atoms with van der Waals surface area (Å²) in [7, 11) is 2.68. The molecule has 0 saturated carbocycles. The number of ether oxygens (including phenoxy) is 1. The van der Waals surface area contributed by atoms with Crippen molar-refractivity contribution in [3.8, 4) is 5.75 Å². The largest absolute Gasteiger partial charge is 0.490 e. The number of nitrogens with zero attached hydrogens (tertiary/aromatic N) is 1. The van der Waals surface area contributed by atoms with E-state index >= 15 is 0 Å². The molecule has 108 valence electrons. The van der Waals surface area contributed by atoms with E-state index in [9.17, 15) is 19.7 Å². The number of hydrogen-bond acceptors (Lipinski definition) is 6. The molecule has 0 aliphatic carbocycles. The van der Waals surface area contributed by atoms with Gasteiger partial charge >= 0.3 is 5.69 Å². The van der Waals surface area contributed by atoms with Crippen LogP contribution < -0.4 is 15.5 Å². The first-order valence-electron chi connectivity index (χ1n) is 5.44. The van der Waals surface area contributed by atoms with Crippen LogP contribution >= 0.6 is 0 Å². The molecule has 0 unspecified atom stereocenters. The number of carbonyl (C=O) groups excluding carboxylic acids is 2. The van der Waals surface area contributed by atoms with Crippen molar-refractivity contribution >= 4 is 17.5 Å². The number of hydrogen-bond donors (Lipinski definition) is 2. The van der Waals surface area contributed by atoms with E-state index in [1.165, 1.54) is 26.3 Å². The van der Waals surface area contributed by atoms with E-state index in [-0.39, 0.29) is 23.6 Å². The normalized spacial score (nSPS) is 9.70. The highest BCUT2D eigenvalue weighted by Crippen LogP contribution is 2.27. The Morgan fingerprint density at radius 3 is 2.65 bits per heavy atom. The van der Waals surface area contributed by atoms with Crippen molar-refractivity contribution < 1.29 is 24.1 Å². The number of nitro benzene ring substituents is 1. The Labute approximate surface area is 114 Å². The molecule has 0 spiro atoms. The summed E-state index contributed by atoms with van der Waals surface area (Å²) in [4.78, 5) is 37.3. The van der Waals surface area contributed by atoms with Gasteiger partial charge in [0.25, 0.3) is 5.91 Å². The molecule has 1 aromatic carbocycles. The van der Waals surface area contributed by atoms with E-state index in [4.69, 9.17) is 4.74 Å². The Kier molecular flexibility index (Phi) is 5.42. The average molecular weight is 283 g/mol. The first-order valence-corrected chi connectivity index (χ1v) is 5.44. The Bertz CT molecular complexity index is 531. The fourth-order valence-electron chi connectivity index (χ4n) is 1.27. The van der Waals surface area contributed by atoms with Gasteiger partial charge < -0.3 is 10.1 Å². The number of rotatable bonds is 6. The van der Waals surface area contributed by atoms with Crippen molar-refractivity contribution in [1.29, 1.82) is 0 Å². The van der Waals surface area contributed by atoms with E-state index in [0.29, 0.717) is 0 Å². The third kappa shape index (κ3) is 3.92. The van der Waals surface area contributed by atoms with Crippen molar-refractivity contribution in [2.24, 2.45) is 0 Å². The molecule has 9 heteroatoms. The standard InChI is InChI=1S/C11H13N3O6/c1-12-10(15)6-20-13-11(16)7-3-4-8(14(17)18)9(5-7)19-2/h3-5H,6H2,1-2H3,(H,12,15)(H,13,16). The maximum Gasteiger partial charge on any atom is 0.310 e. The molecule has 0 heterocycles. The molecule has 0 aliphatic heterocycles. The van der Waals surface area contributed by atoms with Crippen LogP contribution in [0.5, 0.6) is 5.75 Å². The maximum absolute atomic E-state index is 11.7. The van der Waals surface area contributed by atoms with E-state index in [2.05, 4.69) is 10.2 Å². The van der Waals surface area contributed by atoms with Gasteiger partial charge in [-0.1, -0.05) is 0 Å². The predicted molar refractivity (Wildman–Crippen MR) is 67.1 cm³/mol. The van der Waals surface area contributed by atoms with Crippen LogP contribution in [0.2, 0.25) is 0 Å². The minimum Gasteiger partial charge on any atom is -0.490 e. The molecule has 0 aliphatic rings. The molecule has 0 aromatic heterocycles. The summed E-state index contributed by atoms with van der Waals surface area (Å²) in [6.07, 6.45) is 0. The first kappa shape index (κ1) is 15.4. The number of nitro groups is 1. The Morgan fingerprint density at radius 2 is 2.10 bits per heavy atom. The molecule has 20 heavy (non-hydrogen) atoms. The van der Waals surface area contributed by atoms with Crippen molar-refractivity contribution in [1.82, 2.24) is 10.8 Å². The molecule has 0 saturated heterocycles. The number of carbonyl (C=O) groups is 2. The molecule has 1 rings (SSSR count). The van der Waals surface area contributed by atoms with Crippen LogP contribution in [0.15, 0.2) is 18.2 Å². The lowest BCUT2D eigenvalue weighted by Crippen LogP contribution is -2.31. The zero-order valence-corrected chi connectivity index (χ0v) is 10.8. The minimum absolute atomic E-state index is 0.0473. The highest BCUT2D eigenvalue weighted by atomic mass is 16.7. The molecular weight excluding hydrogens is 270 g/mol. The van der Waals surface area contributed by atoms with Crippen molar-refractivity contribution in [2.75, 3.05) is 20.8 Å². The number of likely N-dealkylation sites (N-methyl/N-ethyl adjacent to an activating group) is 1. The van der Waals surface area contributed by atoms with E-state index < -0.39 is 16.7 Å². The summed E-state index contributed by atoms with van der Waals surface area (Å²) in [6, 6.07) is 3.60. The second-order valence-corrected chi connectivity index (χ2v) is 3.54. The van der Waals surface area contributed by atoms with Crippen molar-refractivity contribution in [3.05, 3.63) is 33.9 Å². The molecule has 2 N–H and O–H groups in total. The summed E-state index contributed by atoms with van der Waals surface area (Å²) >= 11 is 0. The average Bonchev–Trinajstić information content (AvgIpc) is 2.45. The van der Waals surface area contributed by atoms with Crippen molar-refractivity contribution in [2.45, 2.75) is 0 Å². The molecule has 1 aromatic rings. The summed E-state index contributed by atoms with van der Waals surface area (Å²) < 4.78 is 4.83. The molecule has 9 nitrogen and oxygen atoms in total. The van der Waals surface area contributed by atoms with Gasteiger partial charge in [-0.05, 0) is 6.07 Å². The van der Waals surface area contributed by atoms with Gasteiger partial charge in [0.15, 0.2) is 12.4 Å². The van der Waals surface area contributed by atoms with Gasteiger partial charge in [-0.15, -0.1) is 0 Å². The van der Waals surface area contributed by atoms with Crippen LogP contribution in [0.4, 0.5) is 5.69 Å². The SMILES string of the molecule is CNC(=O)CONC(=O)c1ccc([N+](=O)[O-])c(OC)c1. The summed E-state index contributed by atoms with van der Waals surface area (Å²) in [5, 5.41) is 13.0. The minimum atomic E-state index is -0.651. The monoisotopic (exact) mass is 283 g/mol. The van der Waals surface area contributed by atoms with Gasteiger partial charge in [-0.2, -0.15) is 0 Å². The molecule has 0 fully saturated rings. The Hall–Kier alpha value is -2.68. The number of benzene rings is 1. The van der Waals surface area contributed by atoms with Gasteiger partial charge in [0.05, 0.1) is 12.0 Å². The summed E-state index contributed by atoms with van der Waals surface area (Å²) in [6.45, 7) is -0.341. The number of methoxy groups -OCH3 is 1. The van der Waals surface area contributed by atoms with Gasteiger partial charge in [0.1, 0.15) is 0 Å². The molecule has 0 radical (unpaired) electrons. The van der Waals surface area contributed by atoms with Crippen LogP contribution in [-0.2, 0) is 9.63 Å². The van der Waals surface area contributed by atoms with Crippen LogP contribution in [0.25, 0.3) is 0 Å². The zero-order valence-electron chi connectivity index (χ0n) is 10.8. The fraction of sp³-hybridized carbons (Fsp3) is 0.273. The quantitative estimate of drug-likeness (QED) is 0.560. The van der Waals surface area contributed by atoms with Crippen LogP contribution in [0.3, 0.4) is 0 Å². The lowest BCUT2D eigenvalue weighted by molar-refractivity contribution is -0.385. The first-order chi connectivity index (χ1) is 9.49. The number of amides is 2. The molecule has 2 amide bonds. The molecule has 0 bridgehead atoms. The van der Waals surface area contributed by atoms with Gasteiger partial charge in [-0.25, -0.2) is 5.48 Å². The molecule has 0 atom stereocenters. The summed E-state index contributed by atoms with van der Waals surface area (Å²) in [5.74, 6) is -1.11. The van der Waals surface area contributed by atoms with E-state index in [1.54, 1.807) is 0 Å². The lowest BCUT2D eigenvalue weighted by Gasteiger charge is -2.07. The van der Waals surface area contributed by atoms with Crippen molar-refractivity contribution in [3.63, 3.8) is 0 Å². The van der Waals surface area contributed by atoms with Gasteiger partial charge in [-0.3, -0.25) is 24.5 Å². The Balaban J connectivity index is 2.74. The maximum atomic E-state index is 11.7. The number of nitrogens with one attached hydrogen (secondary N) is 2. The van der Waals surface area contributed by atoms with Crippen LogP contribution in [0.1, 0.15) is 10.4 Å². The van der Waals surface area contributed by atoms with Gasteiger partial charge in [0, 0.05) is 24.7 Å². The lowest BCUT2D eigenvalue weighted by atomic mass is 10.2. The second kappa shape index (κ2) is 7.04. The number of hydroxylamine groups is 1. The highest BCUT2D eigenvalue weighted by Gasteiger charge is 2.17. The second-order valence-electron chi connectivity index (χ2n) is 3.54. The van der Waals surface area contributed by atoms with Crippen LogP contribution in [-0.4, -0.2) is 37.5 Å². The molecular formula is C11H13N3O6. The Morgan fingerprint density at radius 1 is 1.40 bits per heavy atom. The third-order valence-corrected chi connectivity index (χ3v) is 2.29. The third-order valence-electron chi connectivity index (χ3n) is 2.29. The summed E-state index contributed by atoms with van der Waals surface area (Å²) in [5.41, 5.74) is 1.89. The van der Waals surface area contributed by atoms with E-state index in [1.807, 2.05) is 5.48 Å². The van der Waals surface area contributed by atoms with E-state index in [0.717, 1.165) is 6.07 Å². The highest BCUT2D eigenvalue weighted by molar-refractivity contribution is 5.94. The van der Waals surface area contributed by atoms with Gasteiger partial charge in [0.2, 0.25) is 5.91 Å². The zero-order chi connectivity index (χ0) is 15.1. The fourth-order valence-corrected chi connectivity index (χ4v) is 1.27. The smallest absolute Gasteiger partial charge is 0.310 e. The predicted octanol–water partition coefficient (Wildman–Crippen LogP) is 0.0108. The van der Waals surface area contributed by atoms with Crippen LogP contribution in [0, 0.1) is 10.1 Å².